The quantitative estimate of drug-likeness (QED) is 0.152. The molecular weight excluding hydrogens is 556 g/mol. The van der Waals surface area contributed by atoms with Gasteiger partial charge in [-0.05, 0) is 73.7 Å². The molecule has 0 aliphatic carbocycles. The van der Waals surface area contributed by atoms with Gasteiger partial charge in [-0.3, -0.25) is 14.4 Å². The second-order valence-corrected chi connectivity index (χ2v) is 16.1. The molecule has 226 valence electrons. The van der Waals surface area contributed by atoms with Gasteiger partial charge in [-0.2, -0.15) is 0 Å². The number of anilines is 2. The van der Waals surface area contributed by atoms with Gasteiger partial charge in [-0.15, -0.1) is 5.10 Å². The van der Waals surface area contributed by atoms with Crippen molar-refractivity contribution in [2.24, 2.45) is 5.92 Å². The molecule has 8 nitrogen and oxygen atoms in total. The molecule has 2 heterocycles. The number of rotatable bonds is 13. The van der Waals surface area contributed by atoms with Gasteiger partial charge < -0.3 is 14.6 Å². The zero-order chi connectivity index (χ0) is 30.4. The van der Waals surface area contributed by atoms with Gasteiger partial charge in [-0.1, -0.05) is 72.8 Å². The second-order valence-electron chi connectivity index (χ2n) is 12.1. The first-order valence-corrected chi connectivity index (χ1v) is 18.1. The first-order chi connectivity index (χ1) is 20.8. The Hall–Kier alpha value is -3.63. The van der Waals surface area contributed by atoms with Gasteiger partial charge >= 0.3 is 0 Å². The Morgan fingerprint density at radius 1 is 0.977 bits per heavy atom. The van der Waals surface area contributed by atoms with Gasteiger partial charge in [0.15, 0.2) is 8.32 Å². The second kappa shape index (κ2) is 13.8. The zero-order valence-corrected chi connectivity index (χ0v) is 26.2. The lowest BCUT2D eigenvalue weighted by molar-refractivity contribution is -0.106. The topological polar surface area (TPSA) is 101 Å². The standard InChI is InChI=1S/C34H42N4O4Si/c1-25-32(18-17-26-11-10-16-29(21-26)38(24-40)28-14-8-5-9-15-28)42-33(34(25)43(2,3)41)19-20-37-22-31(35-36-37)30(23-39)27-12-6-4-7-13-27/h4-16,21-22,24-25,30,32-34,39,41H,17-20,23H2,1-3H3/t25-,30?,32+,33-,34+/m0/s1. The van der Waals surface area contributed by atoms with E-state index in [1.54, 1.807) is 4.90 Å². The van der Waals surface area contributed by atoms with Crippen LogP contribution in [0.25, 0.3) is 0 Å². The highest BCUT2D eigenvalue weighted by Crippen LogP contribution is 2.45. The molecule has 5 rings (SSSR count). The van der Waals surface area contributed by atoms with Crippen LogP contribution in [0.15, 0.2) is 91.1 Å². The van der Waals surface area contributed by atoms with E-state index < -0.39 is 8.32 Å². The molecule has 1 aromatic heterocycles. The molecule has 5 atom stereocenters. The number of benzene rings is 3. The summed E-state index contributed by atoms with van der Waals surface area (Å²) in [6, 6.07) is 27.6. The Morgan fingerprint density at radius 2 is 1.67 bits per heavy atom. The molecule has 0 bridgehead atoms. The number of aliphatic hydroxyl groups excluding tert-OH is 1. The third-order valence-corrected chi connectivity index (χ3v) is 11.2. The summed E-state index contributed by atoms with van der Waals surface area (Å²) in [5.41, 5.74) is 4.65. The highest BCUT2D eigenvalue weighted by molar-refractivity contribution is 6.71. The van der Waals surface area contributed by atoms with Crippen LogP contribution in [-0.2, 0) is 22.5 Å². The summed E-state index contributed by atoms with van der Waals surface area (Å²) in [6.45, 7) is 6.80. The van der Waals surface area contributed by atoms with Crippen LogP contribution >= 0.6 is 0 Å². The van der Waals surface area contributed by atoms with Crippen molar-refractivity contribution in [2.45, 2.75) is 69.5 Å². The van der Waals surface area contributed by atoms with Gasteiger partial charge in [-0.25, -0.2) is 0 Å². The maximum Gasteiger partial charge on any atom is 0.218 e. The van der Waals surface area contributed by atoms with E-state index in [4.69, 9.17) is 4.74 Å². The molecule has 43 heavy (non-hydrogen) atoms. The fourth-order valence-corrected chi connectivity index (χ4v) is 9.26. The monoisotopic (exact) mass is 598 g/mol. The number of hydrogen-bond donors (Lipinski definition) is 2. The predicted octanol–water partition coefficient (Wildman–Crippen LogP) is 5.69. The highest BCUT2D eigenvalue weighted by atomic mass is 28.4. The van der Waals surface area contributed by atoms with Crippen LogP contribution in [0.5, 0.6) is 0 Å². The lowest BCUT2D eigenvalue weighted by atomic mass is 9.95. The van der Waals surface area contributed by atoms with Crippen molar-refractivity contribution in [3.05, 3.63) is 108 Å². The van der Waals surface area contributed by atoms with E-state index in [1.165, 1.54) is 0 Å². The highest BCUT2D eigenvalue weighted by Gasteiger charge is 2.49. The van der Waals surface area contributed by atoms with E-state index in [9.17, 15) is 14.7 Å². The van der Waals surface area contributed by atoms with Crippen LogP contribution in [0.3, 0.4) is 0 Å². The summed E-state index contributed by atoms with van der Waals surface area (Å²) >= 11 is 0. The van der Waals surface area contributed by atoms with Crippen LogP contribution in [0, 0.1) is 5.92 Å². The lowest BCUT2D eigenvalue weighted by Gasteiger charge is -2.30. The molecule has 1 aliphatic heterocycles. The molecule has 9 heteroatoms. The number of aliphatic hydroxyl groups is 1. The third-order valence-electron chi connectivity index (χ3n) is 8.71. The van der Waals surface area contributed by atoms with Crippen LogP contribution in [0.4, 0.5) is 11.4 Å². The summed E-state index contributed by atoms with van der Waals surface area (Å²) in [5, 5.41) is 18.7. The van der Waals surface area contributed by atoms with E-state index in [0.717, 1.165) is 53.9 Å². The molecule has 0 radical (unpaired) electrons. The number of para-hydroxylation sites is 1. The van der Waals surface area contributed by atoms with Crippen LogP contribution in [0.2, 0.25) is 18.6 Å². The molecule has 3 aromatic carbocycles. The number of carbonyl (C=O) groups excluding carboxylic acids is 1. The number of amides is 1. The summed E-state index contributed by atoms with van der Waals surface area (Å²) < 4.78 is 8.50. The van der Waals surface area contributed by atoms with Gasteiger partial charge in [0.25, 0.3) is 0 Å². The summed E-state index contributed by atoms with van der Waals surface area (Å²) in [4.78, 5) is 24.9. The summed E-state index contributed by atoms with van der Waals surface area (Å²) in [7, 11) is -2.52. The molecule has 1 saturated heterocycles. The number of aryl methyl sites for hydroxylation is 2. The SMILES string of the molecule is C[C@@H]1[C@@H]([Si](C)(C)O)[C@H](CCn2cc(C(CO)c3ccccc3)nn2)O[C@@H]1CCc1cccc(N(C=O)c2ccccc2)c1. The third kappa shape index (κ3) is 7.30. The number of ether oxygens (including phenoxy) is 1. The van der Waals surface area contributed by atoms with Crippen LogP contribution < -0.4 is 4.90 Å². The maximum absolute atomic E-state index is 11.9. The van der Waals surface area contributed by atoms with Crippen molar-refractivity contribution in [3.63, 3.8) is 0 Å². The first-order valence-electron chi connectivity index (χ1n) is 15.1. The normalized spacial score (nSPS) is 21.0. The van der Waals surface area contributed by atoms with Crippen molar-refractivity contribution in [2.75, 3.05) is 11.5 Å². The van der Waals surface area contributed by atoms with E-state index in [2.05, 4.69) is 29.4 Å². The number of hydrogen-bond acceptors (Lipinski definition) is 6. The molecule has 0 saturated carbocycles. The van der Waals surface area contributed by atoms with Gasteiger partial charge in [0.2, 0.25) is 6.41 Å². The fourth-order valence-electron chi connectivity index (χ4n) is 6.61. The average molecular weight is 599 g/mol. The van der Waals surface area contributed by atoms with E-state index in [1.807, 2.05) is 96.8 Å². The van der Waals surface area contributed by atoms with Gasteiger partial charge in [0.1, 0.15) is 0 Å². The fraction of sp³-hybridized carbons (Fsp3) is 0.382. The van der Waals surface area contributed by atoms with Gasteiger partial charge in [0.05, 0.1) is 30.4 Å². The van der Waals surface area contributed by atoms with Crippen molar-refractivity contribution in [1.29, 1.82) is 0 Å². The molecular formula is C34H42N4O4Si. The number of aromatic nitrogens is 3. The molecule has 2 N–H and O–H groups in total. The van der Waals surface area contributed by atoms with Crippen molar-refractivity contribution >= 4 is 26.1 Å². The van der Waals surface area contributed by atoms with E-state index in [-0.39, 0.29) is 36.2 Å². The summed E-state index contributed by atoms with van der Waals surface area (Å²) in [6.07, 6.45) is 5.08. The van der Waals surface area contributed by atoms with Crippen LogP contribution in [0.1, 0.15) is 42.5 Å². The Balaban J connectivity index is 1.23. The van der Waals surface area contributed by atoms with Crippen molar-refractivity contribution in [3.8, 4) is 0 Å². The van der Waals surface area contributed by atoms with E-state index in [0.29, 0.717) is 6.54 Å². The Bertz CT molecular complexity index is 1460. The minimum atomic E-state index is -2.52. The van der Waals surface area contributed by atoms with Crippen molar-refractivity contribution < 1.29 is 19.4 Å². The first kappa shape index (κ1) is 30.8. The van der Waals surface area contributed by atoms with Crippen LogP contribution in [-0.4, -0.2) is 58.4 Å². The smallest absolute Gasteiger partial charge is 0.218 e. The lowest BCUT2D eigenvalue weighted by Crippen LogP contribution is -2.40. The van der Waals surface area contributed by atoms with Crippen molar-refractivity contribution in [1.82, 2.24) is 15.0 Å². The molecule has 4 aromatic rings. The minimum Gasteiger partial charge on any atom is -0.432 e. The molecule has 1 aliphatic rings. The Labute approximate surface area is 255 Å². The number of carbonyl (C=O) groups is 1. The Kier molecular flexibility index (Phi) is 9.87. The summed E-state index contributed by atoms with van der Waals surface area (Å²) in [5.74, 6) is 0.00206. The minimum absolute atomic E-state index is 0.0250. The number of nitrogens with zero attached hydrogens (tertiary/aromatic N) is 4. The van der Waals surface area contributed by atoms with Gasteiger partial charge in [0, 0.05) is 29.7 Å². The largest absolute Gasteiger partial charge is 0.432 e. The molecule has 1 amide bonds. The molecule has 1 unspecified atom stereocenters. The zero-order valence-electron chi connectivity index (χ0n) is 25.2. The Morgan fingerprint density at radius 3 is 2.35 bits per heavy atom. The molecule has 0 spiro atoms. The maximum atomic E-state index is 11.9. The average Bonchev–Trinajstić information content (AvgIpc) is 3.61. The molecule has 1 fully saturated rings. The van der Waals surface area contributed by atoms with E-state index >= 15 is 0 Å². The predicted molar refractivity (Wildman–Crippen MR) is 171 cm³/mol.